The monoisotopic (exact) mass is 245 g/mol. The second-order valence-corrected chi connectivity index (χ2v) is 4.20. The Hall–Kier alpha value is -2.31. The number of aromatic amines is 1. The van der Waals surface area contributed by atoms with Crippen molar-refractivity contribution < 1.29 is 0 Å². The number of nitrogens with one attached hydrogen (secondary N) is 2. The molecule has 0 bridgehead atoms. The van der Waals surface area contributed by atoms with Gasteiger partial charge in [0.1, 0.15) is 17.8 Å². The van der Waals surface area contributed by atoms with Crippen LogP contribution < -0.4 is 16.0 Å². The van der Waals surface area contributed by atoms with Crippen molar-refractivity contribution in [2.75, 3.05) is 29.2 Å². The van der Waals surface area contributed by atoms with E-state index in [0.29, 0.717) is 5.82 Å². The van der Waals surface area contributed by atoms with Crippen molar-refractivity contribution in [3.63, 3.8) is 0 Å². The van der Waals surface area contributed by atoms with Crippen LogP contribution in [0.2, 0.25) is 0 Å². The number of aryl methyl sites for hydroxylation is 1. The van der Waals surface area contributed by atoms with Crippen LogP contribution in [0.4, 0.5) is 17.3 Å². The highest BCUT2D eigenvalue weighted by Crippen LogP contribution is 2.32. The van der Waals surface area contributed by atoms with E-state index in [0.717, 1.165) is 43.4 Å². The molecule has 4 N–H and O–H groups in total. The Balaban J connectivity index is 1.61. The average Bonchev–Trinajstić information content (AvgIpc) is 3.00. The molecular weight excluding hydrogens is 230 g/mol. The highest BCUT2D eigenvalue weighted by Gasteiger charge is 2.22. The van der Waals surface area contributed by atoms with E-state index in [1.807, 2.05) is 6.20 Å². The number of nitrogens with two attached hydrogens (primary N) is 1. The van der Waals surface area contributed by atoms with Gasteiger partial charge >= 0.3 is 0 Å². The van der Waals surface area contributed by atoms with Crippen LogP contribution in [0, 0.1) is 0 Å². The van der Waals surface area contributed by atoms with E-state index < -0.39 is 0 Å². The van der Waals surface area contributed by atoms with E-state index in [1.54, 1.807) is 6.20 Å². The minimum Gasteiger partial charge on any atom is -0.382 e. The summed E-state index contributed by atoms with van der Waals surface area (Å²) in [5, 5.41) is 3.21. The van der Waals surface area contributed by atoms with Crippen LogP contribution in [0.5, 0.6) is 0 Å². The summed E-state index contributed by atoms with van der Waals surface area (Å²) < 4.78 is 0. The van der Waals surface area contributed by atoms with Gasteiger partial charge in [-0.1, -0.05) is 0 Å². The Kier molecular flexibility index (Phi) is 2.71. The molecular formula is C11H15N7. The normalized spacial score (nSPS) is 13.4. The number of nitrogen functional groups attached to an aromatic ring is 1. The fourth-order valence-corrected chi connectivity index (χ4v) is 2.11. The lowest BCUT2D eigenvalue weighted by molar-refractivity contribution is 0.737. The molecule has 0 atom stereocenters. The molecule has 3 rings (SSSR count). The molecule has 7 nitrogen and oxygen atoms in total. The molecule has 0 spiro atoms. The molecule has 0 saturated heterocycles. The fourth-order valence-electron chi connectivity index (χ4n) is 2.11. The Morgan fingerprint density at radius 2 is 2.28 bits per heavy atom. The van der Waals surface area contributed by atoms with Gasteiger partial charge in [-0.3, -0.25) is 0 Å². The summed E-state index contributed by atoms with van der Waals surface area (Å²) in [5.74, 6) is 2.42. The Morgan fingerprint density at radius 1 is 1.33 bits per heavy atom. The molecule has 0 radical (unpaired) electrons. The number of fused-ring (bicyclic) bond motifs is 1. The van der Waals surface area contributed by atoms with Crippen molar-refractivity contribution >= 4 is 17.3 Å². The standard InChI is InChI=1S/C11H15N7/c12-10-9-11(16-6-15-10)18(7-17-9)5-1-2-8-13-3-4-14-8/h3-4,6,17H,1-2,5,7H2,(H,13,14)(H2,12,15,16). The SMILES string of the molecule is Nc1ncnc2c1NCN2CCCc1ncc[nH]1. The third kappa shape index (κ3) is 1.94. The zero-order valence-electron chi connectivity index (χ0n) is 9.93. The zero-order chi connectivity index (χ0) is 12.4. The molecule has 18 heavy (non-hydrogen) atoms. The molecule has 0 fully saturated rings. The predicted octanol–water partition coefficient (Wildman–Crippen LogP) is 0.604. The van der Waals surface area contributed by atoms with Gasteiger partial charge in [-0.15, -0.1) is 0 Å². The molecule has 0 aromatic carbocycles. The minimum atomic E-state index is 0.508. The lowest BCUT2D eigenvalue weighted by Crippen LogP contribution is -2.24. The average molecular weight is 245 g/mol. The van der Waals surface area contributed by atoms with Crippen LogP contribution in [0.25, 0.3) is 0 Å². The summed E-state index contributed by atoms with van der Waals surface area (Å²) in [6.45, 7) is 1.65. The molecule has 1 aliphatic heterocycles. The number of nitrogens with zero attached hydrogens (tertiary/aromatic N) is 4. The second kappa shape index (κ2) is 4.52. The van der Waals surface area contributed by atoms with Gasteiger partial charge in [0.05, 0.1) is 6.67 Å². The molecule has 0 unspecified atom stereocenters. The number of H-pyrrole nitrogens is 1. The van der Waals surface area contributed by atoms with Crippen LogP contribution >= 0.6 is 0 Å². The van der Waals surface area contributed by atoms with Crippen molar-refractivity contribution in [2.45, 2.75) is 12.8 Å². The van der Waals surface area contributed by atoms with Gasteiger partial charge in [0.2, 0.25) is 0 Å². The topological polar surface area (TPSA) is 95.8 Å². The van der Waals surface area contributed by atoms with E-state index in [9.17, 15) is 0 Å². The summed E-state index contributed by atoms with van der Waals surface area (Å²) in [5.41, 5.74) is 6.63. The van der Waals surface area contributed by atoms with E-state index in [2.05, 4.69) is 30.2 Å². The summed E-state index contributed by atoms with van der Waals surface area (Å²) in [7, 11) is 0. The highest BCUT2D eigenvalue weighted by molar-refractivity contribution is 5.79. The molecule has 3 heterocycles. The number of imidazole rings is 1. The maximum Gasteiger partial charge on any atom is 0.159 e. The van der Waals surface area contributed by atoms with Crippen molar-refractivity contribution in [1.82, 2.24) is 19.9 Å². The van der Waals surface area contributed by atoms with Crippen LogP contribution in [0.1, 0.15) is 12.2 Å². The maximum absolute atomic E-state index is 5.78. The first kappa shape index (κ1) is 10.8. The molecule has 0 aliphatic carbocycles. The van der Waals surface area contributed by atoms with Gasteiger partial charge in [-0.05, 0) is 6.42 Å². The van der Waals surface area contributed by atoms with Crippen molar-refractivity contribution in [2.24, 2.45) is 0 Å². The van der Waals surface area contributed by atoms with Crippen LogP contribution in [-0.2, 0) is 6.42 Å². The second-order valence-electron chi connectivity index (χ2n) is 4.20. The van der Waals surface area contributed by atoms with Gasteiger partial charge in [-0.25, -0.2) is 15.0 Å². The lowest BCUT2D eigenvalue weighted by Gasteiger charge is -2.15. The van der Waals surface area contributed by atoms with Crippen molar-refractivity contribution in [1.29, 1.82) is 0 Å². The predicted molar refractivity (Wildman–Crippen MR) is 69.2 cm³/mol. The third-order valence-corrected chi connectivity index (χ3v) is 3.00. The number of aromatic nitrogens is 4. The molecule has 2 aromatic heterocycles. The van der Waals surface area contributed by atoms with Gasteiger partial charge in [0, 0.05) is 25.4 Å². The first-order valence-corrected chi connectivity index (χ1v) is 5.92. The fraction of sp³-hybridized carbons (Fsp3) is 0.364. The van der Waals surface area contributed by atoms with E-state index >= 15 is 0 Å². The Morgan fingerprint density at radius 3 is 3.11 bits per heavy atom. The summed E-state index contributed by atoms with van der Waals surface area (Å²) in [4.78, 5) is 17.7. The van der Waals surface area contributed by atoms with Gasteiger partial charge in [0.25, 0.3) is 0 Å². The quantitative estimate of drug-likeness (QED) is 0.730. The first-order chi connectivity index (χ1) is 8.84. The highest BCUT2D eigenvalue weighted by atomic mass is 15.3. The Bertz CT molecular complexity index is 522. The molecule has 94 valence electrons. The van der Waals surface area contributed by atoms with Crippen LogP contribution in [0.15, 0.2) is 18.7 Å². The van der Waals surface area contributed by atoms with Gasteiger partial charge in [0.15, 0.2) is 11.6 Å². The largest absolute Gasteiger partial charge is 0.382 e. The Labute approximate surface area is 104 Å². The summed E-state index contributed by atoms with van der Waals surface area (Å²) in [6, 6.07) is 0. The number of hydrogen-bond acceptors (Lipinski definition) is 6. The van der Waals surface area contributed by atoms with Gasteiger partial charge in [-0.2, -0.15) is 0 Å². The van der Waals surface area contributed by atoms with Crippen molar-refractivity contribution in [3.05, 3.63) is 24.5 Å². The van der Waals surface area contributed by atoms with Crippen LogP contribution in [0.3, 0.4) is 0 Å². The number of rotatable bonds is 4. The molecule has 2 aromatic rings. The van der Waals surface area contributed by atoms with E-state index in [4.69, 9.17) is 5.73 Å². The maximum atomic E-state index is 5.78. The van der Waals surface area contributed by atoms with Crippen LogP contribution in [-0.4, -0.2) is 33.1 Å². The molecule has 1 aliphatic rings. The summed E-state index contributed by atoms with van der Waals surface area (Å²) >= 11 is 0. The zero-order valence-corrected chi connectivity index (χ0v) is 9.93. The van der Waals surface area contributed by atoms with E-state index in [-0.39, 0.29) is 0 Å². The first-order valence-electron chi connectivity index (χ1n) is 5.92. The van der Waals surface area contributed by atoms with Gasteiger partial charge < -0.3 is 20.9 Å². The molecule has 0 amide bonds. The minimum absolute atomic E-state index is 0.508. The third-order valence-electron chi connectivity index (χ3n) is 3.00. The molecule has 7 heteroatoms. The number of hydrogen-bond donors (Lipinski definition) is 3. The summed E-state index contributed by atoms with van der Waals surface area (Å²) in [6.07, 6.45) is 7.06. The van der Waals surface area contributed by atoms with Crippen molar-refractivity contribution in [3.8, 4) is 0 Å². The van der Waals surface area contributed by atoms with E-state index in [1.165, 1.54) is 6.33 Å². The smallest absolute Gasteiger partial charge is 0.159 e. The number of anilines is 3. The molecule has 0 saturated carbocycles. The lowest BCUT2D eigenvalue weighted by atomic mass is 10.3.